The number of aliphatic hydroxyl groups is 1. The highest BCUT2D eigenvalue weighted by molar-refractivity contribution is 9.10. The van der Waals surface area contributed by atoms with Crippen LogP contribution in [-0.2, 0) is 65.1 Å². The summed E-state index contributed by atoms with van der Waals surface area (Å²) in [6, 6.07) is 43.2. The van der Waals surface area contributed by atoms with Crippen LogP contribution in [0.4, 0.5) is 0 Å². The van der Waals surface area contributed by atoms with Crippen LogP contribution in [0.2, 0.25) is 5.04 Å². The number of halogens is 1. The minimum Gasteiger partial charge on any atom is -0.463 e. The Balaban J connectivity index is 1.33. The van der Waals surface area contributed by atoms with Gasteiger partial charge < -0.3 is 47.4 Å². The summed E-state index contributed by atoms with van der Waals surface area (Å²) in [5.74, 6) is -2.24. The Kier molecular flexibility index (Phi) is 18.4. The van der Waals surface area contributed by atoms with Gasteiger partial charge in [0.15, 0.2) is 12.4 Å². The van der Waals surface area contributed by atoms with Crippen molar-refractivity contribution in [3.05, 3.63) is 177 Å². The Labute approximate surface area is 422 Å². The maximum absolute atomic E-state index is 13.9. The lowest BCUT2D eigenvalue weighted by Crippen LogP contribution is -2.69. The third-order valence-corrected chi connectivity index (χ3v) is 17.8. The Hall–Kier alpha value is -5.76. The molecule has 0 aliphatic carbocycles. The first kappa shape index (κ1) is 53.0. The molecule has 0 aromatic heterocycles. The number of carbonyl (C=O) groups is 3. The average Bonchev–Trinajstić information content (AvgIpc) is 3.36. The van der Waals surface area contributed by atoms with Crippen LogP contribution in [0.1, 0.15) is 56.1 Å². The second-order valence-corrected chi connectivity index (χ2v) is 23.4. The highest BCUT2D eigenvalue weighted by atomic mass is 79.9. The lowest BCUT2D eigenvalue weighted by atomic mass is 9.95. The molecule has 5 aromatic carbocycles. The summed E-state index contributed by atoms with van der Waals surface area (Å²) in [6.07, 6.45) is -12.7. The van der Waals surface area contributed by atoms with Crippen molar-refractivity contribution in [2.24, 2.45) is 5.11 Å². The molecule has 2 saturated heterocycles. The van der Waals surface area contributed by atoms with E-state index < -0.39 is 99.2 Å². The van der Waals surface area contributed by atoms with E-state index in [4.69, 9.17) is 42.3 Å². The predicted molar refractivity (Wildman–Crippen MR) is 266 cm³/mol. The second-order valence-electron chi connectivity index (χ2n) is 18.2. The topological polar surface area (TPSA) is 203 Å². The van der Waals surface area contributed by atoms with Crippen LogP contribution >= 0.6 is 15.9 Å². The molecule has 0 radical (unpaired) electrons. The van der Waals surface area contributed by atoms with Crippen molar-refractivity contribution in [1.29, 1.82) is 0 Å². The van der Waals surface area contributed by atoms with E-state index >= 15 is 0 Å². The van der Waals surface area contributed by atoms with Gasteiger partial charge in [-0.1, -0.05) is 163 Å². The number of carbonyl (C=O) groups excluding carboxylic acids is 3. The first-order valence-corrected chi connectivity index (χ1v) is 25.9. The molecule has 71 heavy (non-hydrogen) atoms. The number of hydrogen-bond acceptors (Lipinski definition) is 14. The minimum absolute atomic E-state index is 0.0204. The van der Waals surface area contributed by atoms with Crippen LogP contribution in [0.5, 0.6) is 0 Å². The molecule has 1 N–H and O–H groups in total. The predicted octanol–water partition coefficient (Wildman–Crippen LogP) is 7.72. The van der Waals surface area contributed by atoms with Gasteiger partial charge >= 0.3 is 17.9 Å². The largest absolute Gasteiger partial charge is 0.463 e. The Morgan fingerprint density at radius 3 is 1.75 bits per heavy atom. The summed E-state index contributed by atoms with van der Waals surface area (Å²) >= 11 is 3.47. The zero-order chi connectivity index (χ0) is 50.5. The number of ether oxygens (including phenoxy) is 8. The van der Waals surface area contributed by atoms with Gasteiger partial charge in [-0.3, -0.25) is 9.59 Å². The quantitative estimate of drug-likeness (QED) is 0.0210. The molecule has 10 atom stereocenters. The van der Waals surface area contributed by atoms with Crippen LogP contribution in [0.15, 0.2) is 155 Å². The molecule has 0 saturated carbocycles. The fraction of sp³-hybridized carbons (Fsp3) is 0.377. The molecule has 0 amide bonds. The molecule has 0 unspecified atom stereocenters. The zero-order valence-electron chi connectivity index (χ0n) is 40.0. The number of rotatable bonds is 19. The highest BCUT2D eigenvalue weighted by Crippen LogP contribution is 2.39. The molecule has 5 aromatic rings. The maximum Gasteiger partial charge on any atom is 0.338 e. The van der Waals surface area contributed by atoms with E-state index in [1.807, 2.05) is 115 Å². The number of esters is 3. The number of azide groups is 1. The molecule has 18 heteroatoms. The van der Waals surface area contributed by atoms with Crippen LogP contribution in [-0.4, -0.2) is 106 Å². The molecule has 374 valence electrons. The number of hydrogen-bond donors (Lipinski definition) is 1. The van der Waals surface area contributed by atoms with Crippen molar-refractivity contribution in [1.82, 2.24) is 0 Å². The van der Waals surface area contributed by atoms with Crippen LogP contribution in [0.25, 0.3) is 10.4 Å². The van der Waals surface area contributed by atoms with Crippen LogP contribution in [0, 0.1) is 0 Å². The SMILES string of the molecule is CC(=O)OC[C@H]1O[C@@H](OC(C)=O)[C@H](OC(=O)c2ccccc2)[C@@H](OCc2ccccc2)[C@@H]1O[C@H]1O[C@H](CO[Si](c2ccccc2)(c2ccccc2)C(C)(C)C)[C@@H](O)[C@H](OCc2ccc(Br)cc2)[C@H]1N=[N+]=[N-]. The molecule has 16 nitrogen and oxygen atoms in total. The molecule has 2 fully saturated rings. The fourth-order valence-electron chi connectivity index (χ4n) is 8.91. The van der Waals surface area contributed by atoms with Crippen LogP contribution in [0.3, 0.4) is 0 Å². The first-order valence-electron chi connectivity index (χ1n) is 23.2. The van der Waals surface area contributed by atoms with E-state index in [0.717, 1.165) is 32.9 Å². The average molecular weight is 1050 g/mol. The van der Waals surface area contributed by atoms with Crippen molar-refractivity contribution in [3.63, 3.8) is 0 Å². The van der Waals surface area contributed by atoms with Crippen molar-refractivity contribution >= 4 is 52.5 Å². The van der Waals surface area contributed by atoms with E-state index in [-0.39, 0.29) is 25.4 Å². The normalized spacial score (nSPS) is 24.5. The number of benzene rings is 5. The summed E-state index contributed by atoms with van der Waals surface area (Å²) in [7, 11) is -3.26. The van der Waals surface area contributed by atoms with Gasteiger partial charge in [-0.15, -0.1) is 0 Å². The Morgan fingerprint density at radius 1 is 0.662 bits per heavy atom. The van der Waals surface area contributed by atoms with Gasteiger partial charge in [0.25, 0.3) is 8.32 Å². The molecule has 0 spiro atoms. The van der Waals surface area contributed by atoms with Crippen molar-refractivity contribution in [2.45, 2.75) is 114 Å². The number of nitrogens with zero attached hydrogens (tertiary/aromatic N) is 3. The summed E-state index contributed by atoms with van der Waals surface area (Å²) in [4.78, 5) is 42.3. The van der Waals surface area contributed by atoms with E-state index in [1.54, 1.807) is 30.3 Å². The lowest BCUT2D eigenvalue weighted by molar-refractivity contribution is -0.347. The van der Waals surface area contributed by atoms with E-state index in [0.29, 0.717) is 0 Å². The van der Waals surface area contributed by atoms with Gasteiger partial charge in [0.1, 0.15) is 43.2 Å². The third kappa shape index (κ3) is 13.2. The molecule has 2 heterocycles. The van der Waals surface area contributed by atoms with Gasteiger partial charge in [-0.2, -0.15) is 0 Å². The summed E-state index contributed by atoms with van der Waals surface area (Å²) < 4.78 is 58.8. The molecular formula is C53H58BrN3O13Si. The van der Waals surface area contributed by atoms with Gasteiger partial charge in [0, 0.05) is 23.2 Å². The second kappa shape index (κ2) is 24.6. The standard InChI is InChI=1S/C53H58BrN3O13Si/c1-34(58)62-32-43-46(48(64-30-36-18-10-6-11-19-36)49(52(68-43)66-35(2)59)69-50(61)38-20-12-7-13-21-38)70-51-44(56-57-55)47(63-31-37-26-28-39(54)29-27-37)45(60)42(67-51)33-65-71(53(3,4)5,40-22-14-8-15-23-40)41-24-16-9-17-25-41/h6-29,42-49,51-52,60H,30-33H2,1-5H3/t42-,43-,44-,45-,46-,47-,48+,49-,51-,52-/m1/s1. The Morgan fingerprint density at radius 2 is 1.20 bits per heavy atom. The first-order chi connectivity index (χ1) is 34.2. The lowest BCUT2D eigenvalue weighted by Gasteiger charge is -2.49. The van der Waals surface area contributed by atoms with Crippen LogP contribution < -0.4 is 10.4 Å². The van der Waals surface area contributed by atoms with Crippen molar-refractivity contribution in [3.8, 4) is 0 Å². The Bertz CT molecular complexity index is 2520. The van der Waals surface area contributed by atoms with Crippen molar-refractivity contribution < 1.29 is 61.8 Å². The fourth-order valence-corrected chi connectivity index (χ4v) is 13.7. The van der Waals surface area contributed by atoms with Gasteiger partial charge in [0.2, 0.25) is 6.29 Å². The van der Waals surface area contributed by atoms with Gasteiger partial charge in [-0.25, -0.2) is 4.79 Å². The highest BCUT2D eigenvalue weighted by Gasteiger charge is 2.56. The van der Waals surface area contributed by atoms with E-state index in [9.17, 15) is 25.0 Å². The smallest absolute Gasteiger partial charge is 0.338 e. The summed E-state index contributed by atoms with van der Waals surface area (Å²) in [5, 5.41) is 18.1. The molecule has 0 bridgehead atoms. The molecule has 2 aliphatic rings. The molecule has 7 rings (SSSR count). The van der Waals surface area contributed by atoms with E-state index in [2.05, 4.69) is 46.7 Å². The summed E-state index contributed by atoms with van der Waals surface area (Å²) in [6.45, 7) is 8.00. The van der Waals surface area contributed by atoms with Crippen molar-refractivity contribution in [2.75, 3.05) is 13.2 Å². The third-order valence-electron chi connectivity index (χ3n) is 12.2. The van der Waals surface area contributed by atoms with E-state index in [1.165, 1.54) is 6.92 Å². The monoisotopic (exact) mass is 1050 g/mol. The zero-order valence-corrected chi connectivity index (χ0v) is 42.6. The summed E-state index contributed by atoms with van der Waals surface area (Å²) in [5.41, 5.74) is 11.8. The molecule has 2 aliphatic heterocycles. The minimum atomic E-state index is -3.26. The van der Waals surface area contributed by atoms with Gasteiger partial charge in [-0.05, 0) is 56.3 Å². The number of aliphatic hydroxyl groups excluding tert-OH is 1. The maximum atomic E-state index is 13.9. The van der Waals surface area contributed by atoms with Gasteiger partial charge in [0.05, 0.1) is 31.5 Å². The molecular weight excluding hydrogens is 995 g/mol.